The molecule has 0 N–H and O–H groups in total. The summed E-state index contributed by atoms with van der Waals surface area (Å²) in [6, 6.07) is 6.99. The average Bonchev–Trinajstić information content (AvgIpc) is 3.08. The van der Waals surface area contributed by atoms with Crippen molar-refractivity contribution in [3.8, 4) is 5.75 Å². The van der Waals surface area contributed by atoms with Crippen LogP contribution in [-0.4, -0.2) is 49.5 Å². The number of rotatable bonds is 4. The maximum absolute atomic E-state index is 12.5. The molecule has 0 radical (unpaired) electrons. The van der Waals surface area contributed by atoms with Gasteiger partial charge in [-0.3, -0.25) is 4.79 Å². The van der Waals surface area contributed by atoms with Crippen molar-refractivity contribution in [3.05, 3.63) is 29.3 Å². The van der Waals surface area contributed by atoms with Gasteiger partial charge in [0.05, 0.1) is 19.3 Å². The van der Waals surface area contributed by atoms with E-state index in [0.29, 0.717) is 24.0 Å². The van der Waals surface area contributed by atoms with E-state index in [1.165, 1.54) is 0 Å². The molecule has 2 aliphatic heterocycles. The minimum Gasteiger partial charge on any atom is -0.484 e. The maximum atomic E-state index is 12.5. The highest BCUT2D eigenvalue weighted by atomic mass is 35.5. The van der Waals surface area contributed by atoms with Crippen molar-refractivity contribution in [2.24, 2.45) is 0 Å². The number of amides is 1. The molecule has 0 saturated carbocycles. The number of hydrogen-bond acceptors (Lipinski definition) is 4. The first-order valence-electron chi connectivity index (χ1n) is 7.65. The molecule has 0 spiro atoms. The van der Waals surface area contributed by atoms with Crippen molar-refractivity contribution in [2.75, 3.05) is 26.4 Å². The number of benzene rings is 1. The summed E-state index contributed by atoms with van der Waals surface area (Å²) < 4.78 is 16.7. The number of carbonyl (C=O) groups is 1. The van der Waals surface area contributed by atoms with Crippen LogP contribution in [0.4, 0.5) is 0 Å². The van der Waals surface area contributed by atoms with Crippen molar-refractivity contribution in [2.45, 2.75) is 31.6 Å². The number of likely N-dealkylation sites (tertiary alicyclic amines) is 1. The number of piperidine rings is 1. The van der Waals surface area contributed by atoms with E-state index in [1.807, 2.05) is 4.90 Å². The first-order chi connectivity index (χ1) is 10.7. The zero-order valence-electron chi connectivity index (χ0n) is 12.4. The quantitative estimate of drug-likeness (QED) is 0.853. The molecule has 2 fully saturated rings. The molecule has 1 aromatic carbocycles. The molecule has 1 aromatic rings. The summed E-state index contributed by atoms with van der Waals surface area (Å²) in [5.41, 5.74) is 0. The van der Waals surface area contributed by atoms with Crippen LogP contribution in [0.5, 0.6) is 5.75 Å². The van der Waals surface area contributed by atoms with Crippen molar-refractivity contribution in [1.82, 2.24) is 4.90 Å². The summed E-state index contributed by atoms with van der Waals surface area (Å²) in [6.07, 6.45) is 2.72. The van der Waals surface area contributed by atoms with Gasteiger partial charge < -0.3 is 19.1 Å². The minimum absolute atomic E-state index is 0.00225. The van der Waals surface area contributed by atoms with Gasteiger partial charge >= 0.3 is 0 Å². The van der Waals surface area contributed by atoms with Crippen LogP contribution < -0.4 is 4.74 Å². The molecule has 1 atom stereocenters. The molecule has 0 aromatic heterocycles. The predicted octanol–water partition coefficient (Wildman–Crippen LogP) is 2.47. The van der Waals surface area contributed by atoms with Crippen LogP contribution in [0, 0.1) is 0 Å². The molecule has 2 aliphatic rings. The lowest BCUT2D eigenvalue weighted by Crippen LogP contribution is -2.51. The largest absolute Gasteiger partial charge is 0.484 e. The van der Waals surface area contributed by atoms with Gasteiger partial charge in [-0.2, -0.15) is 0 Å². The van der Waals surface area contributed by atoms with E-state index in [-0.39, 0.29) is 24.8 Å². The molecule has 6 heteroatoms. The lowest BCUT2D eigenvalue weighted by molar-refractivity contribution is -0.152. The first-order valence-corrected chi connectivity index (χ1v) is 8.03. The van der Waals surface area contributed by atoms with Gasteiger partial charge in [0, 0.05) is 11.6 Å². The Morgan fingerprint density at radius 3 is 2.68 bits per heavy atom. The standard InChI is InChI=1S/C16H20ClNO4/c17-12-4-6-13(7-5-12)22-11-15(19)18-8-2-1-3-14(18)16-20-9-10-21-16/h4-7,14,16H,1-3,8-11H2/t14-/m0/s1. The van der Waals surface area contributed by atoms with E-state index < -0.39 is 0 Å². The normalized spacial score (nSPS) is 22.8. The van der Waals surface area contributed by atoms with Gasteiger partial charge in [0.2, 0.25) is 0 Å². The second-order valence-electron chi connectivity index (χ2n) is 5.50. The summed E-state index contributed by atoms with van der Waals surface area (Å²) in [7, 11) is 0. The first kappa shape index (κ1) is 15.6. The van der Waals surface area contributed by atoms with Crippen molar-refractivity contribution in [1.29, 1.82) is 0 Å². The van der Waals surface area contributed by atoms with Crippen molar-refractivity contribution >= 4 is 17.5 Å². The third-order valence-electron chi connectivity index (χ3n) is 4.01. The Labute approximate surface area is 135 Å². The summed E-state index contributed by atoms with van der Waals surface area (Å²) in [4.78, 5) is 14.3. The molecular weight excluding hydrogens is 306 g/mol. The van der Waals surface area contributed by atoms with E-state index in [2.05, 4.69) is 0 Å². The van der Waals surface area contributed by atoms with Gasteiger partial charge in [0.15, 0.2) is 12.9 Å². The smallest absolute Gasteiger partial charge is 0.260 e. The van der Waals surface area contributed by atoms with Crippen LogP contribution >= 0.6 is 11.6 Å². The highest BCUT2D eigenvalue weighted by molar-refractivity contribution is 6.30. The Bertz CT molecular complexity index is 501. The summed E-state index contributed by atoms with van der Waals surface area (Å²) in [6.45, 7) is 1.95. The van der Waals surface area contributed by atoms with Gasteiger partial charge in [-0.25, -0.2) is 0 Å². The number of carbonyl (C=O) groups excluding carboxylic acids is 1. The number of hydrogen-bond donors (Lipinski definition) is 0. The third-order valence-corrected chi connectivity index (χ3v) is 4.26. The third kappa shape index (κ3) is 3.72. The molecule has 0 aliphatic carbocycles. The molecule has 22 heavy (non-hydrogen) atoms. The number of nitrogens with zero attached hydrogens (tertiary/aromatic N) is 1. The molecular formula is C16H20ClNO4. The molecule has 120 valence electrons. The van der Waals surface area contributed by atoms with E-state index in [1.54, 1.807) is 24.3 Å². The minimum atomic E-state index is -0.292. The Hall–Kier alpha value is -1.30. The van der Waals surface area contributed by atoms with Crippen LogP contribution in [0.3, 0.4) is 0 Å². The number of ether oxygens (including phenoxy) is 3. The highest BCUT2D eigenvalue weighted by Gasteiger charge is 2.36. The van der Waals surface area contributed by atoms with E-state index >= 15 is 0 Å². The fourth-order valence-corrected chi connectivity index (χ4v) is 3.03. The molecule has 0 unspecified atom stereocenters. The van der Waals surface area contributed by atoms with Gasteiger partial charge in [-0.1, -0.05) is 11.6 Å². The molecule has 0 bridgehead atoms. The van der Waals surface area contributed by atoms with Gasteiger partial charge in [0.1, 0.15) is 5.75 Å². The number of halogens is 1. The highest BCUT2D eigenvalue weighted by Crippen LogP contribution is 2.24. The summed E-state index contributed by atoms with van der Waals surface area (Å²) in [5, 5.41) is 0.644. The van der Waals surface area contributed by atoms with Gasteiger partial charge in [-0.15, -0.1) is 0 Å². The van der Waals surface area contributed by atoms with Crippen LogP contribution in [-0.2, 0) is 14.3 Å². The maximum Gasteiger partial charge on any atom is 0.260 e. The van der Waals surface area contributed by atoms with Crippen LogP contribution in [0.1, 0.15) is 19.3 Å². The Kier molecular flexibility index (Phi) is 5.18. The second kappa shape index (κ2) is 7.31. The average molecular weight is 326 g/mol. The molecule has 1 amide bonds. The van der Waals surface area contributed by atoms with Crippen LogP contribution in [0.15, 0.2) is 24.3 Å². The Balaban J connectivity index is 1.58. The summed E-state index contributed by atoms with van der Waals surface area (Å²) in [5.74, 6) is 0.610. The van der Waals surface area contributed by atoms with Crippen molar-refractivity contribution in [3.63, 3.8) is 0 Å². The monoisotopic (exact) mass is 325 g/mol. The fraction of sp³-hybridized carbons (Fsp3) is 0.562. The molecule has 2 heterocycles. The van der Waals surface area contributed by atoms with Crippen molar-refractivity contribution < 1.29 is 19.0 Å². The predicted molar refractivity (Wildman–Crippen MR) is 82.0 cm³/mol. The molecule has 5 nitrogen and oxygen atoms in total. The fourth-order valence-electron chi connectivity index (χ4n) is 2.91. The summed E-state index contributed by atoms with van der Waals surface area (Å²) >= 11 is 5.83. The zero-order chi connectivity index (χ0) is 15.4. The topological polar surface area (TPSA) is 48.0 Å². The van der Waals surface area contributed by atoms with E-state index in [0.717, 1.165) is 25.8 Å². The van der Waals surface area contributed by atoms with E-state index in [9.17, 15) is 4.79 Å². The van der Waals surface area contributed by atoms with Crippen LogP contribution in [0.2, 0.25) is 5.02 Å². The Morgan fingerprint density at radius 1 is 1.23 bits per heavy atom. The van der Waals surface area contributed by atoms with Crippen LogP contribution in [0.25, 0.3) is 0 Å². The van der Waals surface area contributed by atoms with Gasteiger partial charge in [-0.05, 0) is 43.5 Å². The van der Waals surface area contributed by atoms with Gasteiger partial charge in [0.25, 0.3) is 5.91 Å². The lowest BCUT2D eigenvalue weighted by Gasteiger charge is -2.37. The lowest BCUT2D eigenvalue weighted by atomic mass is 10.0. The molecule has 3 rings (SSSR count). The molecule has 2 saturated heterocycles. The zero-order valence-corrected chi connectivity index (χ0v) is 13.1. The second-order valence-corrected chi connectivity index (χ2v) is 5.94. The SMILES string of the molecule is O=C(COc1ccc(Cl)cc1)N1CCCC[C@H]1C1OCCO1. The van der Waals surface area contributed by atoms with E-state index in [4.69, 9.17) is 25.8 Å². The Morgan fingerprint density at radius 2 is 1.95 bits per heavy atom.